The van der Waals surface area contributed by atoms with Crippen LogP contribution in [-0.4, -0.2) is 23.6 Å². The Morgan fingerprint density at radius 2 is 2.12 bits per heavy atom. The highest BCUT2D eigenvalue weighted by Gasteiger charge is 2.21. The zero-order valence-corrected chi connectivity index (χ0v) is 14.5. The Hall–Kier alpha value is -2.86. The van der Waals surface area contributed by atoms with Crippen LogP contribution in [-0.2, 0) is 22.5 Å². The Balaban J connectivity index is 1.47. The Labute approximate surface area is 150 Å². The van der Waals surface area contributed by atoms with Gasteiger partial charge in [0.2, 0.25) is 5.91 Å². The first-order valence-electron chi connectivity index (χ1n) is 8.68. The zero-order chi connectivity index (χ0) is 18.1. The lowest BCUT2D eigenvalue weighted by molar-refractivity contribution is -0.122. The SMILES string of the molecule is Cc1ccc2oc(=O)n(CC(=O)NCC3OCCc4ccccc43)c2c1. The fourth-order valence-electron chi connectivity index (χ4n) is 3.37. The van der Waals surface area contributed by atoms with Gasteiger partial charge in [0.25, 0.3) is 0 Å². The molecule has 134 valence electrons. The minimum Gasteiger partial charge on any atom is -0.408 e. The second-order valence-electron chi connectivity index (χ2n) is 6.54. The molecule has 4 rings (SSSR count). The van der Waals surface area contributed by atoms with E-state index in [2.05, 4.69) is 11.4 Å². The van der Waals surface area contributed by atoms with Crippen molar-refractivity contribution in [2.45, 2.75) is 26.0 Å². The molecule has 1 N–H and O–H groups in total. The van der Waals surface area contributed by atoms with E-state index < -0.39 is 5.76 Å². The lowest BCUT2D eigenvalue weighted by Gasteiger charge is -2.26. The van der Waals surface area contributed by atoms with E-state index in [1.807, 2.05) is 37.3 Å². The average Bonchev–Trinajstić information content (AvgIpc) is 2.95. The molecule has 1 unspecified atom stereocenters. The summed E-state index contributed by atoms with van der Waals surface area (Å²) in [5, 5.41) is 2.87. The number of carbonyl (C=O) groups excluding carboxylic acids is 1. The van der Waals surface area contributed by atoms with Gasteiger partial charge >= 0.3 is 5.76 Å². The summed E-state index contributed by atoms with van der Waals surface area (Å²) >= 11 is 0. The molecule has 1 aliphatic heterocycles. The quantitative estimate of drug-likeness (QED) is 0.782. The molecule has 6 heteroatoms. The third kappa shape index (κ3) is 3.15. The molecule has 3 aromatic rings. The Morgan fingerprint density at radius 1 is 1.27 bits per heavy atom. The molecule has 1 atom stereocenters. The summed E-state index contributed by atoms with van der Waals surface area (Å²) in [5.41, 5.74) is 4.48. The standard InChI is InChI=1S/C20H20N2O4/c1-13-6-7-17-16(10-13)22(20(24)26-17)12-19(23)21-11-18-15-5-3-2-4-14(15)8-9-25-18/h2-7,10,18H,8-9,11-12H2,1H3,(H,21,23). The molecule has 6 nitrogen and oxygen atoms in total. The first kappa shape index (κ1) is 16.6. The van der Waals surface area contributed by atoms with Crippen LogP contribution in [0.4, 0.5) is 0 Å². The van der Waals surface area contributed by atoms with Crippen molar-refractivity contribution in [3.05, 3.63) is 69.7 Å². The van der Waals surface area contributed by atoms with Crippen molar-refractivity contribution in [2.75, 3.05) is 13.2 Å². The van der Waals surface area contributed by atoms with Crippen LogP contribution in [0, 0.1) is 6.92 Å². The van der Waals surface area contributed by atoms with Crippen LogP contribution in [0.5, 0.6) is 0 Å². The molecule has 0 saturated heterocycles. The van der Waals surface area contributed by atoms with Crippen molar-refractivity contribution in [1.29, 1.82) is 0 Å². The van der Waals surface area contributed by atoms with Crippen LogP contribution < -0.4 is 11.1 Å². The number of oxazole rings is 1. The fourth-order valence-corrected chi connectivity index (χ4v) is 3.37. The molecule has 1 amide bonds. The van der Waals surface area contributed by atoms with Gasteiger partial charge in [-0.1, -0.05) is 30.3 Å². The highest BCUT2D eigenvalue weighted by atomic mass is 16.5. The monoisotopic (exact) mass is 352 g/mol. The van der Waals surface area contributed by atoms with Crippen LogP contribution in [0.3, 0.4) is 0 Å². The number of benzene rings is 2. The zero-order valence-electron chi connectivity index (χ0n) is 14.5. The van der Waals surface area contributed by atoms with E-state index in [0.717, 1.165) is 17.5 Å². The maximum Gasteiger partial charge on any atom is 0.420 e. The summed E-state index contributed by atoms with van der Waals surface area (Å²) in [7, 11) is 0. The number of aromatic nitrogens is 1. The average molecular weight is 352 g/mol. The van der Waals surface area contributed by atoms with Crippen molar-refractivity contribution in [2.24, 2.45) is 0 Å². The molecular formula is C20H20N2O4. The van der Waals surface area contributed by atoms with Gasteiger partial charge in [0.1, 0.15) is 12.6 Å². The molecule has 2 aromatic carbocycles. The van der Waals surface area contributed by atoms with Gasteiger partial charge in [-0.05, 0) is 42.2 Å². The Morgan fingerprint density at radius 3 is 3.00 bits per heavy atom. The Kier molecular flexibility index (Phi) is 4.34. The summed E-state index contributed by atoms with van der Waals surface area (Å²) in [5.74, 6) is -0.775. The van der Waals surface area contributed by atoms with Gasteiger partial charge in [0.15, 0.2) is 5.58 Å². The summed E-state index contributed by atoms with van der Waals surface area (Å²) in [4.78, 5) is 24.4. The number of fused-ring (bicyclic) bond motifs is 2. The van der Waals surface area contributed by atoms with Gasteiger partial charge in [-0.2, -0.15) is 0 Å². The van der Waals surface area contributed by atoms with E-state index in [-0.39, 0.29) is 18.6 Å². The maximum absolute atomic E-state index is 12.4. The number of nitrogens with zero attached hydrogens (tertiary/aromatic N) is 1. The number of carbonyl (C=O) groups is 1. The molecule has 0 bridgehead atoms. The molecule has 26 heavy (non-hydrogen) atoms. The third-order valence-corrected chi connectivity index (χ3v) is 4.70. The number of amides is 1. The van der Waals surface area contributed by atoms with E-state index >= 15 is 0 Å². The molecule has 0 spiro atoms. The van der Waals surface area contributed by atoms with Crippen LogP contribution in [0.25, 0.3) is 11.1 Å². The highest BCUT2D eigenvalue weighted by molar-refractivity contribution is 5.79. The minimum atomic E-state index is -0.528. The number of rotatable bonds is 4. The van der Waals surface area contributed by atoms with Crippen molar-refractivity contribution in [3.8, 4) is 0 Å². The van der Waals surface area contributed by atoms with Crippen LogP contribution in [0.2, 0.25) is 0 Å². The summed E-state index contributed by atoms with van der Waals surface area (Å²) < 4.78 is 12.4. The predicted molar refractivity (Wildman–Crippen MR) is 97.1 cm³/mol. The topological polar surface area (TPSA) is 73.5 Å². The van der Waals surface area contributed by atoms with Gasteiger partial charge < -0.3 is 14.5 Å². The summed E-state index contributed by atoms with van der Waals surface area (Å²) in [6.07, 6.45) is 0.722. The molecular weight excluding hydrogens is 332 g/mol. The molecule has 0 saturated carbocycles. The molecule has 2 heterocycles. The second-order valence-corrected chi connectivity index (χ2v) is 6.54. The minimum absolute atomic E-state index is 0.0797. The number of aryl methyl sites for hydroxylation is 1. The third-order valence-electron chi connectivity index (χ3n) is 4.70. The first-order chi connectivity index (χ1) is 12.6. The van der Waals surface area contributed by atoms with E-state index in [1.54, 1.807) is 6.07 Å². The number of nitrogens with one attached hydrogen (secondary N) is 1. The van der Waals surface area contributed by atoms with Crippen LogP contribution in [0.15, 0.2) is 51.7 Å². The summed E-state index contributed by atoms with van der Waals surface area (Å²) in [6, 6.07) is 13.6. The van der Waals surface area contributed by atoms with Crippen molar-refractivity contribution >= 4 is 17.0 Å². The van der Waals surface area contributed by atoms with Crippen molar-refractivity contribution in [3.63, 3.8) is 0 Å². The molecule has 0 radical (unpaired) electrons. The van der Waals surface area contributed by atoms with Crippen LogP contribution in [0.1, 0.15) is 22.8 Å². The van der Waals surface area contributed by atoms with E-state index in [9.17, 15) is 9.59 Å². The number of ether oxygens (including phenoxy) is 1. The fraction of sp³-hybridized carbons (Fsp3) is 0.300. The van der Waals surface area contributed by atoms with E-state index in [4.69, 9.17) is 9.15 Å². The van der Waals surface area contributed by atoms with Gasteiger partial charge in [-0.15, -0.1) is 0 Å². The first-order valence-corrected chi connectivity index (χ1v) is 8.68. The van der Waals surface area contributed by atoms with E-state index in [0.29, 0.717) is 24.3 Å². The molecule has 1 aliphatic rings. The van der Waals surface area contributed by atoms with Gasteiger partial charge in [-0.3, -0.25) is 9.36 Å². The van der Waals surface area contributed by atoms with Gasteiger partial charge in [-0.25, -0.2) is 4.79 Å². The van der Waals surface area contributed by atoms with Crippen molar-refractivity contribution < 1.29 is 13.9 Å². The van der Waals surface area contributed by atoms with Gasteiger partial charge in [0.05, 0.1) is 12.1 Å². The molecule has 0 aliphatic carbocycles. The normalized spacial score (nSPS) is 16.4. The smallest absolute Gasteiger partial charge is 0.408 e. The predicted octanol–water partition coefficient (Wildman–Crippen LogP) is 2.33. The Bertz CT molecular complexity index is 1020. The lowest BCUT2D eigenvalue weighted by atomic mass is 9.97. The van der Waals surface area contributed by atoms with Crippen molar-refractivity contribution in [1.82, 2.24) is 9.88 Å². The number of hydrogen-bond donors (Lipinski definition) is 1. The second kappa shape index (κ2) is 6.80. The van der Waals surface area contributed by atoms with E-state index in [1.165, 1.54) is 10.1 Å². The lowest BCUT2D eigenvalue weighted by Crippen LogP contribution is -2.35. The maximum atomic E-state index is 12.4. The molecule has 0 fully saturated rings. The molecule has 1 aromatic heterocycles. The van der Waals surface area contributed by atoms with Gasteiger partial charge in [0, 0.05) is 6.54 Å². The highest BCUT2D eigenvalue weighted by Crippen LogP contribution is 2.26. The van der Waals surface area contributed by atoms with Crippen LogP contribution >= 0.6 is 0 Å². The number of hydrogen-bond acceptors (Lipinski definition) is 4. The largest absolute Gasteiger partial charge is 0.420 e. The summed E-state index contributed by atoms with van der Waals surface area (Å²) in [6.45, 7) is 2.87.